The molecule has 0 bridgehead atoms. The molecule has 4 fully saturated rings. The summed E-state index contributed by atoms with van der Waals surface area (Å²) < 4.78 is 29.9. The van der Waals surface area contributed by atoms with Crippen LogP contribution in [-0.2, 0) is 28.5 Å². The van der Waals surface area contributed by atoms with Crippen LogP contribution in [0.25, 0.3) is 0 Å². The molecule has 0 amide bonds. The van der Waals surface area contributed by atoms with Gasteiger partial charge in [-0.1, -0.05) is 19.8 Å². The Bertz CT molecular complexity index is 505. The van der Waals surface area contributed by atoms with Crippen LogP contribution in [-0.4, -0.2) is 56.5 Å². The van der Waals surface area contributed by atoms with Gasteiger partial charge in [-0.25, -0.2) is 0 Å². The van der Waals surface area contributed by atoms with Crippen molar-refractivity contribution in [2.45, 2.75) is 102 Å². The molecule has 3 aliphatic heterocycles. The summed E-state index contributed by atoms with van der Waals surface area (Å²) in [5.74, 6) is 0.560. The topological polar surface area (TPSA) is 63.2 Å². The molecule has 0 spiro atoms. The second-order valence-electron chi connectivity index (χ2n) is 8.80. The van der Waals surface area contributed by atoms with E-state index in [0.717, 1.165) is 51.6 Å². The van der Waals surface area contributed by atoms with E-state index in [9.17, 15) is 4.79 Å². The summed E-state index contributed by atoms with van der Waals surface area (Å²) in [5.41, 5.74) is 0. The Labute approximate surface area is 168 Å². The van der Waals surface area contributed by atoms with Crippen molar-refractivity contribution in [1.82, 2.24) is 0 Å². The summed E-state index contributed by atoms with van der Waals surface area (Å²) in [6.07, 6.45) is 10.4. The minimum atomic E-state index is -0.0951. The first-order valence-electron chi connectivity index (χ1n) is 11.4. The fraction of sp³-hybridized carbons (Fsp3) is 0.955. The van der Waals surface area contributed by atoms with Crippen LogP contribution in [0, 0.1) is 11.8 Å². The van der Waals surface area contributed by atoms with Crippen LogP contribution in [0.1, 0.15) is 71.1 Å². The van der Waals surface area contributed by atoms with Crippen LogP contribution in [0.4, 0.5) is 0 Å². The molecule has 3 saturated heterocycles. The number of unbranched alkanes of at least 4 members (excludes halogenated alkanes) is 1. The van der Waals surface area contributed by atoms with E-state index in [1.165, 1.54) is 12.8 Å². The van der Waals surface area contributed by atoms with Gasteiger partial charge in [0.05, 0.1) is 37.9 Å². The highest BCUT2D eigenvalue weighted by Crippen LogP contribution is 2.46. The van der Waals surface area contributed by atoms with E-state index >= 15 is 0 Å². The standard InChI is InChI=1S/C22H36O6/c1-2-3-6-17-18(25-12-11-24-17)9-8-15-16-13-21(23)27-20(16)14-19(15)28-22-7-4-5-10-26-22/h15-20,22H,2-14H2,1H3/t15-,16-,17?,18?,19-,20+,22?/m1/s1. The predicted octanol–water partition coefficient (Wildman–Crippen LogP) is 3.60. The molecule has 1 saturated carbocycles. The number of rotatable bonds is 8. The van der Waals surface area contributed by atoms with E-state index in [0.29, 0.717) is 25.6 Å². The summed E-state index contributed by atoms with van der Waals surface area (Å²) in [4.78, 5) is 11.8. The molecule has 0 radical (unpaired) electrons. The number of hydrogen-bond acceptors (Lipinski definition) is 6. The Morgan fingerprint density at radius 2 is 1.82 bits per heavy atom. The lowest BCUT2D eigenvalue weighted by Gasteiger charge is -2.34. The highest BCUT2D eigenvalue weighted by molar-refractivity contribution is 5.72. The van der Waals surface area contributed by atoms with E-state index < -0.39 is 0 Å². The first-order valence-corrected chi connectivity index (χ1v) is 11.4. The minimum Gasteiger partial charge on any atom is -0.462 e. The highest BCUT2D eigenvalue weighted by atomic mass is 16.7. The fourth-order valence-corrected chi connectivity index (χ4v) is 5.44. The molecule has 6 nitrogen and oxygen atoms in total. The van der Waals surface area contributed by atoms with Crippen LogP contribution in [0.5, 0.6) is 0 Å². The van der Waals surface area contributed by atoms with Gasteiger partial charge in [0.15, 0.2) is 6.29 Å². The summed E-state index contributed by atoms with van der Waals surface area (Å²) in [5, 5.41) is 0. The third-order valence-electron chi connectivity index (χ3n) is 6.91. The van der Waals surface area contributed by atoms with Gasteiger partial charge in [0.25, 0.3) is 0 Å². The van der Waals surface area contributed by atoms with Crippen molar-refractivity contribution in [3.63, 3.8) is 0 Å². The molecule has 3 heterocycles. The van der Waals surface area contributed by atoms with E-state index in [-0.39, 0.29) is 42.6 Å². The van der Waals surface area contributed by atoms with Crippen molar-refractivity contribution in [2.75, 3.05) is 19.8 Å². The number of hydrogen-bond donors (Lipinski definition) is 0. The molecule has 1 aliphatic carbocycles. The lowest BCUT2D eigenvalue weighted by atomic mass is 9.86. The second-order valence-corrected chi connectivity index (χ2v) is 8.80. The van der Waals surface area contributed by atoms with Gasteiger partial charge in [-0.15, -0.1) is 0 Å². The summed E-state index contributed by atoms with van der Waals surface area (Å²) in [7, 11) is 0. The van der Waals surface area contributed by atoms with Gasteiger partial charge < -0.3 is 23.7 Å². The highest BCUT2D eigenvalue weighted by Gasteiger charge is 2.51. The van der Waals surface area contributed by atoms with Crippen LogP contribution in [0.15, 0.2) is 0 Å². The Morgan fingerprint density at radius 1 is 1.00 bits per heavy atom. The van der Waals surface area contributed by atoms with Crippen molar-refractivity contribution >= 4 is 5.97 Å². The summed E-state index contributed by atoms with van der Waals surface area (Å²) in [6, 6.07) is 0. The molecular weight excluding hydrogens is 360 g/mol. The minimum absolute atomic E-state index is 0.0190. The van der Waals surface area contributed by atoms with E-state index in [4.69, 9.17) is 23.7 Å². The maximum Gasteiger partial charge on any atom is 0.306 e. The summed E-state index contributed by atoms with van der Waals surface area (Å²) >= 11 is 0. The lowest BCUT2D eigenvalue weighted by molar-refractivity contribution is -0.198. The number of ether oxygens (including phenoxy) is 5. The van der Waals surface area contributed by atoms with Gasteiger partial charge in [0.1, 0.15) is 6.10 Å². The Morgan fingerprint density at radius 3 is 2.57 bits per heavy atom. The fourth-order valence-electron chi connectivity index (χ4n) is 5.44. The smallest absolute Gasteiger partial charge is 0.306 e. The van der Waals surface area contributed by atoms with E-state index in [2.05, 4.69) is 6.92 Å². The molecule has 0 N–H and O–H groups in total. The molecule has 3 unspecified atom stereocenters. The Balaban J connectivity index is 1.36. The third-order valence-corrected chi connectivity index (χ3v) is 6.91. The van der Waals surface area contributed by atoms with E-state index in [1.54, 1.807) is 0 Å². The zero-order valence-corrected chi connectivity index (χ0v) is 17.2. The van der Waals surface area contributed by atoms with Gasteiger partial charge in [-0.3, -0.25) is 4.79 Å². The molecule has 0 aromatic heterocycles. The van der Waals surface area contributed by atoms with Crippen LogP contribution >= 0.6 is 0 Å². The largest absolute Gasteiger partial charge is 0.462 e. The van der Waals surface area contributed by atoms with Crippen molar-refractivity contribution in [3.05, 3.63) is 0 Å². The first kappa shape index (κ1) is 20.6. The molecule has 28 heavy (non-hydrogen) atoms. The zero-order valence-electron chi connectivity index (χ0n) is 17.2. The van der Waals surface area contributed by atoms with Gasteiger partial charge in [-0.2, -0.15) is 0 Å². The number of carbonyl (C=O) groups is 1. The lowest BCUT2D eigenvalue weighted by Crippen LogP contribution is -2.39. The van der Waals surface area contributed by atoms with Gasteiger partial charge in [0, 0.05) is 18.9 Å². The molecule has 4 aliphatic rings. The normalized spacial score (nSPS) is 41.0. The first-order chi connectivity index (χ1) is 13.7. The van der Waals surface area contributed by atoms with Crippen molar-refractivity contribution < 1.29 is 28.5 Å². The summed E-state index contributed by atoms with van der Waals surface area (Å²) in [6.45, 7) is 4.38. The third kappa shape index (κ3) is 4.89. The molecule has 160 valence electrons. The average molecular weight is 397 g/mol. The quantitative estimate of drug-likeness (QED) is 0.584. The molecule has 7 atom stereocenters. The number of fused-ring (bicyclic) bond motifs is 1. The van der Waals surface area contributed by atoms with Crippen LogP contribution in [0.2, 0.25) is 0 Å². The molecule has 0 aromatic rings. The number of esters is 1. The van der Waals surface area contributed by atoms with Crippen molar-refractivity contribution in [3.8, 4) is 0 Å². The molecule has 6 heteroatoms. The van der Waals surface area contributed by atoms with Crippen molar-refractivity contribution in [2.24, 2.45) is 11.8 Å². The van der Waals surface area contributed by atoms with Crippen LogP contribution in [0.3, 0.4) is 0 Å². The Kier molecular flexibility index (Phi) is 7.26. The SMILES string of the molecule is CCCCC1OCCOC1CC[C@@H]1[C@H]2CC(=O)O[C@H]2C[C@H]1OC1CCCCO1. The molecule has 0 aromatic carbocycles. The van der Waals surface area contributed by atoms with Crippen molar-refractivity contribution in [1.29, 1.82) is 0 Å². The zero-order chi connectivity index (χ0) is 19.3. The maximum absolute atomic E-state index is 11.8. The van der Waals surface area contributed by atoms with Gasteiger partial charge in [0.2, 0.25) is 0 Å². The van der Waals surface area contributed by atoms with Gasteiger partial charge >= 0.3 is 5.97 Å². The average Bonchev–Trinajstić information content (AvgIpc) is 3.22. The number of carbonyl (C=O) groups excluding carboxylic acids is 1. The maximum atomic E-state index is 11.8. The predicted molar refractivity (Wildman–Crippen MR) is 103 cm³/mol. The monoisotopic (exact) mass is 396 g/mol. The Hall–Kier alpha value is -0.690. The van der Waals surface area contributed by atoms with E-state index in [1.807, 2.05) is 0 Å². The molecule has 4 rings (SSSR count). The second kappa shape index (κ2) is 9.88. The van der Waals surface area contributed by atoms with Gasteiger partial charge in [-0.05, 0) is 44.4 Å². The van der Waals surface area contributed by atoms with Crippen LogP contribution < -0.4 is 0 Å². The molecular formula is C22H36O6.